The van der Waals surface area contributed by atoms with Crippen molar-refractivity contribution in [3.63, 3.8) is 0 Å². The summed E-state index contributed by atoms with van der Waals surface area (Å²) in [4.78, 5) is 11.9. The Morgan fingerprint density at radius 2 is 2.16 bits per heavy atom. The summed E-state index contributed by atoms with van der Waals surface area (Å²) in [5.74, 6) is -0.181. The molecule has 4 N–H and O–H groups in total. The Hall–Kier alpha value is -1.43. The lowest BCUT2D eigenvalue weighted by atomic mass is 10.0. The number of carbonyl (C=O) groups is 1. The molecule has 1 amide bonds. The quantitative estimate of drug-likeness (QED) is 0.702. The first kappa shape index (κ1) is 14.0. The van der Waals surface area contributed by atoms with Gasteiger partial charge in [-0.05, 0) is 30.7 Å². The van der Waals surface area contributed by atoms with Crippen molar-refractivity contribution in [3.8, 4) is 0 Å². The fraction of sp³-hybridized carbons (Fsp3) is 0.500. The molecule has 0 aliphatic carbocycles. The van der Waals surface area contributed by atoms with E-state index < -0.39 is 5.60 Å². The summed E-state index contributed by atoms with van der Waals surface area (Å²) in [6, 6.07) is 7.34. The Morgan fingerprint density at radius 3 is 2.74 bits per heavy atom. The molecule has 19 heavy (non-hydrogen) atoms. The van der Waals surface area contributed by atoms with Gasteiger partial charge in [0.1, 0.15) is 5.60 Å². The number of rotatable bonds is 5. The van der Waals surface area contributed by atoms with Gasteiger partial charge in [0.05, 0.1) is 6.61 Å². The van der Waals surface area contributed by atoms with Crippen molar-refractivity contribution in [2.45, 2.75) is 18.4 Å². The molecule has 1 fully saturated rings. The van der Waals surface area contributed by atoms with Crippen molar-refractivity contribution in [3.05, 3.63) is 35.4 Å². The van der Waals surface area contributed by atoms with Gasteiger partial charge in [0, 0.05) is 25.1 Å². The highest BCUT2D eigenvalue weighted by atomic mass is 16.5. The monoisotopic (exact) mass is 264 g/mol. The minimum absolute atomic E-state index is 0.181. The molecule has 5 nitrogen and oxygen atoms in total. The van der Waals surface area contributed by atoms with Gasteiger partial charge in [-0.15, -0.1) is 0 Å². The summed E-state index contributed by atoms with van der Waals surface area (Å²) in [6.45, 7) is 1.64. The normalized spacial score (nSPS) is 22.4. The molecule has 1 aromatic rings. The third-order valence-electron chi connectivity index (χ3n) is 3.31. The van der Waals surface area contributed by atoms with Crippen molar-refractivity contribution < 1.29 is 14.6 Å². The lowest BCUT2D eigenvalue weighted by molar-refractivity contribution is 0.0264. The zero-order chi connectivity index (χ0) is 13.7. The number of amides is 1. The van der Waals surface area contributed by atoms with E-state index >= 15 is 0 Å². The predicted octanol–water partition coefficient (Wildman–Crippen LogP) is 0.0690. The first-order valence-electron chi connectivity index (χ1n) is 6.50. The average Bonchev–Trinajstić information content (AvgIpc) is 2.85. The zero-order valence-electron chi connectivity index (χ0n) is 10.9. The molecule has 0 aromatic heterocycles. The number of aliphatic hydroxyl groups is 1. The molecule has 1 aliphatic heterocycles. The van der Waals surface area contributed by atoms with Crippen molar-refractivity contribution in [2.24, 2.45) is 5.73 Å². The summed E-state index contributed by atoms with van der Waals surface area (Å²) < 4.78 is 5.13. The van der Waals surface area contributed by atoms with E-state index in [0.29, 0.717) is 25.1 Å². The summed E-state index contributed by atoms with van der Waals surface area (Å²) in [7, 11) is 0. The fourth-order valence-corrected chi connectivity index (χ4v) is 2.07. The van der Waals surface area contributed by atoms with Crippen molar-refractivity contribution >= 4 is 5.91 Å². The van der Waals surface area contributed by atoms with E-state index in [4.69, 9.17) is 10.5 Å². The molecular weight excluding hydrogens is 244 g/mol. The standard InChI is InChI=1S/C14H20N2O3/c15-7-5-11-1-3-12(4-2-11)13(17)16-9-14(18)6-8-19-10-14/h1-4,18H,5-10,15H2,(H,16,17). The van der Waals surface area contributed by atoms with Crippen LogP contribution in [0.2, 0.25) is 0 Å². The second-order valence-corrected chi connectivity index (χ2v) is 4.95. The molecule has 5 heteroatoms. The van der Waals surface area contributed by atoms with Gasteiger partial charge in [-0.3, -0.25) is 4.79 Å². The van der Waals surface area contributed by atoms with Crippen LogP contribution in [0, 0.1) is 0 Å². The highest BCUT2D eigenvalue weighted by Crippen LogP contribution is 2.17. The second kappa shape index (κ2) is 6.14. The number of hydrogen-bond donors (Lipinski definition) is 3. The van der Waals surface area contributed by atoms with Gasteiger partial charge in [-0.25, -0.2) is 0 Å². The van der Waals surface area contributed by atoms with Gasteiger partial charge < -0.3 is 20.9 Å². The Labute approximate surface area is 112 Å². The zero-order valence-corrected chi connectivity index (χ0v) is 10.9. The topological polar surface area (TPSA) is 84.6 Å². The third kappa shape index (κ3) is 3.76. The maximum Gasteiger partial charge on any atom is 0.251 e. The van der Waals surface area contributed by atoms with E-state index in [9.17, 15) is 9.90 Å². The molecule has 0 spiro atoms. The van der Waals surface area contributed by atoms with Crippen LogP contribution < -0.4 is 11.1 Å². The smallest absolute Gasteiger partial charge is 0.251 e. The Bertz CT molecular complexity index is 425. The summed E-state index contributed by atoms with van der Waals surface area (Å²) in [5, 5.41) is 12.8. The first-order chi connectivity index (χ1) is 9.13. The summed E-state index contributed by atoms with van der Waals surface area (Å²) in [5.41, 5.74) is 6.25. The molecule has 0 bridgehead atoms. The number of benzene rings is 1. The molecule has 1 aliphatic rings. The molecule has 1 unspecified atom stereocenters. The number of nitrogens with one attached hydrogen (secondary N) is 1. The number of carbonyl (C=O) groups excluding carboxylic acids is 1. The van der Waals surface area contributed by atoms with Crippen LogP contribution in [0.15, 0.2) is 24.3 Å². The highest BCUT2D eigenvalue weighted by Gasteiger charge is 2.32. The predicted molar refractivity (Wildman–Crippen MR) is 71.9 cm³/mol. The molecule has 2 rings (SSSR count). The van der Waals surface area contributed by atoms with Gasteiger partial charge in [0.25, 0.3) is 5.91 Å². The Morgan fingerprint density at radius 1 is 1.42 bits per heavy atom. The molecular formula is C14H20N2O3. The maximum atomic E-state index is 11.9. The van der Waals surface area contributed by atoms with Crippen LogP contribution in [-0.2, 0) is 11.2 Å². The summed E-state index contributed by atoms with van der Waals surface area (Å²) >= 11 is 0. The summed E-state index contributed by atoms with van der Waals surface area (Å²) in [6.07, 6.45) is 1.36. The van der Waals surface area contributed by atoms with Crippen LogP contribution in [0.3, 0.4) is 0 Å². The van der Waals surface area contributed by atoms with Gasteiger partial charge >= 0.3 is 0 Å². The third-order valence-corrected chi connectivity index (χ3v) is 3.31. The molecule has 104 valence electrons. The van der Waals surface area contributed by atoms with Crippen LogP contribution in [0.4, 0.5) is 0 Å². The molecule has 1 heterocycles. The van der Waals surface area contributed by atoms with Crippen molar-refractivity contribution in [1.29, 1.82) is 0 Å². The Kier molecular flexibility index (Phi) is 4.52. The van der Waals surface area contributed by atoms with Crippen LogP contribution in [0.5, 0.6) is 0 Å². The Balaban J connectivity index is 1.88. The lowest BCUT2D eigenvalue weighted by Gasteiger charge is -2.20. The average molecular weight is 264 g/mol. The van der Waals surface area contributed by atoms with E-state index in [1.54, 1.807) is 12.1 Å². The van der Waals surface area contributed by atoms with Gasteiger partial charge in [0.15, 0.2) is 0 Å². The first-order valence-corrected chi connectivity index (χ1v) is 6.50. The van der Waals surface area contributed by atoms with Gasteiger partial charge in [-0.2, -0.15) is 0 Å². The minimum Gasteiger partial charge on any atom is -0.386 e. The van der Waals surface area contributed by atoms with Gasteiger partial charge in [-0.1, -0.05) is 12.1 Å². The van der Waals surface area contributed by atoms with Crippen molar-refractivity contribution in [2.75, 3.05) is 26.3 Å². The molecule has 0 saturated carbocycles. The molecule has 1 aromatic carbocycles. The van der Waals surface area contributed by atoms with E-state index in [1.807, 2.05) is 12.1 Å². The fourth-order valence-electron chi connectivity index (χ4n) is 2.07. The highest BCUT2D eigenvalue weighted by molar-refractivity contribution is 5.94. The van der Waals surface area contributed by atoms with Gasteiger partial charge in [0.2, 0.25) is 0 Å². The maximum absolute atomic E-state index is 11.9. The SMILES string of the molecule is NCCc1ccc(C(=O)NCC2(O)CCOC2)cc1. The van der Waals surface area contributed by atoms with E-state index in [1.165, 1.54) is 0 Å². The van der Waals surface area contributed by atoms with Crippen LogP contribution in [-0.4, -0.2) is 42.9 Å². The van der Waals surface area contributed by atoms with E-state index in [2.05, 4.69) is 5.32 Å². The number of ether oxygens (including phenoxy) is 1. The molecule has 1 atom stereocenters. The second-order valence-electron chi connectivity index (χ2n) is 4.95. The van der Waals surface area contributed by atoms with Crippen LogP contribution >= 0.6 is 0 Å². The lowest BCUT2D eigenvalue weighted by Crippen LogP contribution is -2.43. The van der Waals surface area contributed by atoms with Crippen molar-refractivity contribution in [1.82, 2.24) is 5.32 Å². The molecule has 1 saturated heterocycles. The largest absolute Gasteiger partial charge is 0.386 e. The number of hydrogen-bond acceptors (Lipinski definition) is 4. The minimum atomic E-state index is -0.921. The molecule has 0 radical (unpaired) electrons. The van der Waals surface area contributed by atoms with Crippen LogP contribution in [0.1, 0.15) is 22.3 Å². The van der Waals surface area contributed by atoms with Crippen LogP contribution in [0.25, 0.3) is 0 Å². The van der Waals surface area contributed by atoms with E-state index in [0.717, 1.165) is 12.0 Å². The van der Waals surface area contributed by atoms with E-state index in [-0.39, 0.29) is 19.1 Å². The number of nitrogens with two attached hydrogens (primary N) is 1.